The van der Waals surface area contributed by atoms with E-state index in [0.29, 0.717) is 0 Å². The van der Waals surface area contributed by atoms with Gasteiger partial charge in [0.25, 0.3) is 0 Å². The van der Waals surface area contributed by atoms with E-state index in [1.165, 1.54) is 11.1 Å². The van der Waals surface area contributed by atoms with E-state index in [0.717, 1.165) is 0 Å². The zero-order valence-corrected chi connectivity index (χ0v) is 2.30. The Morgan fingerprint density at radius 1 is 1.80 bits per heavy atom. The summed E-state index contributed by atoms with van der Waals surface area (Å²) in [5, 5.41) is 9.40. The Morgan fingerprint density at radius 2 is 2.40 bits per heavy atom. The molecule has 30 valence electrons. The van der Waals surface area contributed by atoms with Gasteiger partial charge in [-0.15, -0.1) is 4.91 Å². The van der Waals surface area contributed by atoms with E-state index < -0.39 is 0 Å². The number of hydrazine groups is 1. The van der Waals surface area contributed by atoms with Crippen LogP contribution in [0.3, 0.4) is 0 Å². The minimum atomic E-state index is 1.29. The standard InChI is InChI=1S/H3N3O2/c4-2-1-3-5/h(H,2,3)(H2,1,4,5). The Bertz CT molecular complexity index is 26.1. The van der Waals surface area contributed by atoms with Gasteiger partial charge in [-0.05, 0) is 0 Å². The average molecular weight is 77.0 g/mol. The summed E-state index contributed by atoms with van der Waals surface area (Å²) in [6.45, 7) is 0. The van der Waals surface area contributed by atoms with Crippen LogP contribution >= 0.6 is 0 Å². The van der Waals surface area contributed by atoms with E-state index in [2.05, 4.69) is 0 Å². The highest BCUT2D eigenvalue weighted by Gasteiger charge is 1.56. The Hall–Kier alpha value is -0.680. The molecule has 0 heterocycles. The SMILES string of the molecule is O=NNNO. The monoisotopic (exact) mass is 77.0 g/mol. The van der Waals surface area contributed by atoms with Gasteiger partial charge in [-0.1, -0.05) is 5.59 Å². The van der Waals surface area contributed by atoms with Gasteiger partial charge in [-0.25, -0.2) is 0 Å². The van der Waals surface area contributed by atoms with Crippen molar-refractivity contribution in [1.29, 1.82) is 0 Å². The second kappa shape index (κ2) is 3.32. The minimum absolute atomic E-state index is 1.29. The van der Waals surface area contributed by atoms with Gasteiger partial charge in [0.05, 0.1) is 5.29 Å². The Kier molecular flexibility index (Phi) is 2.87. The number of hydrogen-bond acceptors (Lipinski definition) is 4. The van der Waals surface area contributed by atoms with Gasteiger partial charge in [-0.2, -0.15) is 5.53 Å². The van der Waals surface area contributed by atoms with Crippen molar-refractivity contribution in [2.45, 2.75) is 0 Å². The molecule has 5 heteroatoms. The van der Waals surface area contributed by atoms with E-state index in [1.54, 1.807) is 0 Å². The van der Waals surface area contributed by atoms with Crippen LogP contribution in [-0.4, -0.2) is 5.21 Å². The number of nitroso groups, excluding NO2 is 1. The van der Waals surface area contributed by atoms with Crippen molar-refractivity contribution in [3.05, 3.63) is 4.91 Å². The second-order valence-corrected chi connectivity index (χ2v) is 0.315. The lowest BCUT2D eigenvalue weighted by molar-refractivity contribution is 0.121. The van der Waals surface area contributed by atoms with Gasteiger partial charge in [0.1, 0.15) is 0 Å². The van der Waals surface area contributed by atoms with Crippen molar-refractivity contribution in [2.75, 3.05) is 0 Å². The summed E-state index contributed by atoms with van der Waals surface area (Å²) in [7, 11) is 0. The molecule has 0 atom stereocenters. The average Bonchev–Trinajstić information content (AvgIpc) is 1.41. The number of nitrogens with one attached hydrogen (secondary N) is 2. The molecule has 0 amide bonds. The molecule has 0 aromatic carbocycles. The first-order chi connectivity index (χ1) is 2.41. The van der Waals surface area contributed by atoms with Gasteiger partial charge in [0.2, 0.25) is 0 Å². The molecule has 0 saturated carbocycles. The largest absolute Gasteiger partial charge is 0.296 e. The Labute approximate surface area is 27.9 Å². The summed E-state index contributed by atoms with van der Waals surface area (Å²) in [5.41, 5.74) is 2.77. The smallest absolute Gasteiger partial charge is 0.0675 e. The van der Waals surface area contributed by atoms with Crippen LogP contribution in [0.15, 0.2) is 5.29 Å². The highest BCUT2D eigenvalue weighted by Crippen LogP contribution is 1.33. The predicted octanol–water partition coefficient (Wildman–Crippen LogP) is -0.849. The Morgan fingerprint density at radius 3 is 2.40 bits per heavy atom. The lowest BCUT2D eigenvalue weighted by atomic mass is 12.5. The molecule has 5 nitrogen and oxygen atoms in total. The van der Waals surface area contributed by atoms with Crippen LogP contribution in [0.1, 0.15) is 0 Å². The highest BCUT2D eigenvalue weighted by atomic mass is 16.5. The lowest BCUT2D eigenvalue weighted by Crippen LogP contribution is -2.20. The first kappa shape index (κ1) is 4.32. The van der Waals surface area contributed by atoms with Crippen molar-refractivity contribution < 1.29 is 5.21 Å². The van der Waals surface area contributed by atoms with Crippen LogP contribution in [0.25, 0.3) is 0 Å². The van der Waals surface area contributed by atoms with Crippen molar-refractivity contribution in [1.82, 2.24) is 11.1 Å². The molecule has 0 aliphatic heterocycles. The fraction of sp³-hybridized carbons (Fsp3) is 0. The van der Waals surface area contributed by atoms with Gasteiger partial charge < -0.3 is 0 Å². The second-order valence-electron chi connectivity index (χ2n) is 0.315. The first-order valence-corrected chi connectivity index (χ1v) is 0.880. The van der Waals surface area contributed by atoms with Crippen LogP contribution in [0.5, 0.6) is 0 Å². The number of nitrogens with zero attached hydrogens (tertiary/aromatic N) is 1. The van der Waals surface area contributed by atoms with Gasteiger partial charge >= 0.3 is 0 Å². The zero-order valence-electron chi connectivity index (χ0n) is 2.30. The maximum atomic E-state index is 8.82. The summed E-state index contributed by atoms with van der Waals surface area (Å²) in [5.74, 6) is 0. The topological polar surface area (TPSA) is 73.7 Å². The summed E-state index contributed by atoms with van der Waals surface area (Å²) in [6, 6.07) is 0. The third kappa shape index (κ3) is 3.32. The molecule has 0 rings (SSSR count). The highest BCUT2D eigenvalue weighted by molar-refractivity contribution is 4.02. The molecule has 0 aliphatic carbocycles. The van der Waals surface area contributed by atoms with E-state index in [-0.39, 0.29) is 0 Å². The molecule has 3 N–H and O–H groups in total. The molecule has 0 unspecified atom stereocenters. The lowest BCUT2D eigenvalue weighted by Gasteiger charge is -1.79. The van der Waals surface area contributed by atoms with Crippen molar-refractivity contribution >= 4 is 0 Å². The van der Waals surface area contributed by atoms with E-state index in [9.17, 15) is 0 Å². The third-order valence-corrected chi connectivity index (χ3v) is 0.0956. The molecule has 0 aliphatic rings. The molecule has 0 aromatic rings. The normalized spacial score (nSPS) is 6.60. The summed E-state index contributed by atoms with van der Waals surface area (Å²) in [4.78, 5) is 8.82. The molecule has 0 aromatic heterocycles. The Balaban J connectivity index is 2.40. The maximum Gasteiger partial charge on any atom is 0.0675 e. The van der Waals surface area contributed by atoms with Crippen LogP contribution in [0, 0.1) is 4.91 Å². The fourth-order valence-electron chi connectivity index (χ4n) is 0.0204. The molecule has 0 bridgehead atoms. The molecular formula is H3N3O2. The summed E-state index contributed by atoms with van der Waals surface area (Å²) in [6.07, 6.45) is 0. The molecule has 0 radical (unpaired) electrons. The molecule has 0 spiro atoms. The zero-order chi connectivity index (χ0) is 4.12. The van der Waals surface area contributed by atoms with Gasteiger partial charge in [0, 0.05) is 0 Å². The molecular weight excluding hydrogens is 74.0 g/mol. The molecule has 5 heavy (non-hydrogen) atoms. The number of rotatable bonds is 2. The van der Waals surface area contributed by atoms with Gasteiger partial charge in [0.15, 0.2) is 0 Å². The van der Waals surface area contributed by atoms with E-state index in [1.807, 2.05) is 5.29 Å². The van der Waals surface area contributed by atoms with Crippen molar-refractivity contribution in [2.24, 2.45) is 5.29 Å². The predicted molar refractivity (Wildman–Crippen MR) is 13.9 cm³/mol. The van der Waals surface area contributed by atoms with E-state index >= 15 is 0 Å². The molecule has 0 fully saturated rings. The molecule has 0 saturated heterocycles. The fourth-order valence-corrected chi connectivity index (χ4v) is 0.0204. The van der Waals surface area contributed by atoms with Crippen LogP contribution in [0.2, 0.25) is 0 Å². The van der Waals surface area contributed by atoms with Crippen LogP contribution < -0.4 is 11.1 Å². The number of hydrogen-bond donors (Lipinski definition) is 3. The summed E-state index contributed by atoms with van der Waals surface area (Å²) < 4.78 is 0. The van der Waals surface area contributed by atoms with Crippen LogP contribution in [0.4, 0.5) is 0 Å². The third-order valence-electron chi connectivity index (χ3n) is 0.0956. The first-order valence-electron chi connectivity index (χ1n) is 0.880. The van der Waals surface area contributed by atoms with Crippen molar-refractivity contribution in [3.63, 3.8) is 0 Å². The van der Waals surface area contributed by atoms with Crippen molar-refractivity contribution in [3.8, 4) is 0 Å². The minimum Gasteiger partial charge on any atom is -0.296 e. The van der Waals surface area contributed by atoms with E-state index in [4.69, 9.17) is 10.1 Å². The quantitative estimate of drug-likeness (QED) is 0.296. The van der Waals surface area contributed by atoms with Gasteiger partial charge in [-0.3, -0.25) is 5.21 Å². The van der Waals surface area contributed by atoms with Crippen LogP contribution in [-0.2, 0) is 0 Å². The summed E-state index contributed by atoms with van der Waals surface area (Å²) >= 11 is 0. The maximum absolute atomic E-state index is 8.82.